The molecule has 0 aromatic heterocycles. The summed E-state index contributed by atoms with van der Waals surface area (Å²) in [6.07, 6.45) is 0.412. The molecule has 0 radical (unpaired) electrons. The van der Waals surface area contributed by atoms with Gasteiger partial charge in [0.1, 0.15) is 23.7 Å². The zero-order valence-corrected chi connectivity index (χ0v) is 9.88. The number of rotatable bonds is 4. The van der Waals surface area contributed by atoms with Crippen LogP contribution in [0.3, 0.4) is 0 Å². The average Bonchev–Trinajstić information content (AvgIpc) is 2.40. The molecule has 7 heteroatoms. The summed E-state index contributed by atoms with van der Waals surface area (Å²) in [7, 11) is 0. The Balaban J connectivity index is 2.42. The topological polar surface area (TPSA) is 69.4 Å². The van der Waals surface area contributed by atoms with Gasteiger partial charge in [0, 0.05) is 11.6 Å². The van der Waals surface area contributed by atoms with Crippen molar-refractivity contribution in [1.82, 2.24) is 0 Å². The van der Waals surface area contributed by atoms with Crippen LogP contribution in [0.5, 0.6) is 11.5 Å². The third-order valence-corrected chi connectivity index (χ3v) is 2.38. The Labute approximate surface area is 111 Å². The molecule has 0 bridgehead atoms. The molecule has 2 aromatic rings. The maximum atomic E-state index is 13.2. The first-order chi connectivity index (χ1) is 9.49. The van der Waals surface area contributed by atoms with Crippen molar-refractivity contribution >= 4 is 12.0 Å². The SMILES string of the molecule is O=Cc1cc(F)cc(Oc2ccc(F)cc2[N+](=O)[O-])c1. The van der Waals surface area contributed by atoms with Gasteiger partial charge in [-0.15, -0.1) is 0 Å². The van der Waals surface area contributed by atoms with Crippen LogP contribution in [-0.4, -0.2) is 11.2 Å². The molecule has 102 valence electrons. The Morgan fingerprint density at radius 1 is 1.10 bits per heavy atom. The fourth-order valence-electron chi connectivity index (χ4n) is 1.56. The minimum Gasteiger partial charge on any atom is -0.450 e. The number of hydrogen-bond donors (Lipinski definition) is 0. The molecule has 0 spiro atoms. The molecular weight excluding hydrogens is 272 g/mol. The highest BCUT2D eigenvalue weighted by Crippen LogP contribution is 2.32. The summed E-state index contributed by atoms with van der Waals surface area (Å²) >= 11 is 0. The molecule has 0 aliphatic heterocycles. The lowest BCUT2D eigenvalue weighted by molar-refractivity contribution is -0.385. The molecule has 0 N–H and O–H groups in total. The first-order valence-electron chi connectivity index (χ1n) is 5.37. The minimum absolute atomic E-state index is 0.0183. The quantitative estimate of drug-likeness (QED) is 0.488. The van der Waals surface area contributed by atoms with Crippen LogP contribution in [0.1, 0.15) is 10.4 Å². The van der Waals surface area contributed by atoms with E-state index in [-0.39, 0.29) is 17.1 Å². The van der Waals surface area contributed by atoms with Crippen molar-refractivity contribution < 1.29 is 23.2 Å². The lowest BCUT2D eigenvalue weighted by Crippen LogP contribution is -1.95. The van der Waals surface area contributed by atoms with Gasteiger partial charge in [-0.25, -0.2) is 8.78 Å². The molecule has 0 heterocycles. The summed E-state index contributed by atoms with van der Waals surface area (Å²) in [6.45, 7) is 0. The number of ether oxygens (including phenoxy) is 1. The van der Waals surface area contributed by atoms with Gasteiger partial charge < -0.3 is 4.74 Å². The first-order valence-corrected chi connectivity index (χ1v) is 5.37. The number of nitro benzene ring substituents is 1. The molecule has 20 heavy (non-hydrogen) atoms. The van der Waals surface area contributed by atoms with E-state index in [1.54, 1.807) is 0 Å². The predicted molar refractivity (Wildman–Crippen MR) is 64.9 cm³/mol. The summed E-state index contributed by atoms with van der Waals surface area (Å²) < 4.78 is 31.3. The summed E-state index contributed by atoms with van der Waals surface area (Å²) in [5.74, 6) is -1.87. The molecule has 0 aliphatic rings. The molecule has 0 aliphatic carbocycles. The van der Waals surface area contributed by atoms with E-state index in [1.165, 1.54) is 6.07 Å². The van der Waals surface area contributed by atoms with Crippen LogP contribution in [-0.2, 0) is 0 Å². The van der Waals surface area contributed by atoms with E-state index in [4.69, 9.17) is 4.74 Å². The molecule has 5 nitrogen and oxygen atoms in total. The van der Waals surface area contributed by atoms with E-state index in [0.29, 0.717) is 12.4 Å². The third-order valence-electron chi connectivity index (χ3n) is 2.38. The molecule has 0 unspecified atom stereocenters. The second kappa shape index (κ2) is 5.43. The number of nitrogens with zero attached hydrogens (tertiary/aromatic N) is 1. The van der Waals surface area contributed by atoms with Crippen molar-refractivity contribution in [2.75, 3.05) is 0 Å². The normalized spacial score (nSPS) is 10.1. The van der Waals surface area contributed by atoms with Crippen LogP contribution in [0, 0.1) is 21.7 Å². The number of halogens is 2. The van der Waals surface area contributed by atoms with E-state index in [2.05, 4.69) is 0 Å². The highest BCUT2D eigenvalue weighted by Gasteiger charge is 2.17. The van der Waals surface area contributed by atoms with Crippen molar-refractivity contribution in [2.24, 2.45) is 0 Å². The van der Waals surface area contributed by atoms with Crippen molar-refractivity contribution in [3.8, 4) is 11.5 Å². The fraction of sp³-hybridized carbons (Fsp3) is 0. The summed E-state index contributed by atoms with van der Waals surface area (Å²) in [5, 5.41) is 10.8. The Hall–Kier alpha value is -2.83. The second-order valence-corrected chi connectivity index (χ2v) is 3.81. The van der Waals surface area contributed by atoms with Crippen LogP contribution in [0.15, 0.2) is 36.4 Å². The first kappa shape index (κ1) is 13.6. The van der Waals surface area contributed by atoms with E-state index < -0.39 is 22.2 Å². The van der Waals surface area contributed by atoms with E-state index in [9.17, 15) is 23.7 Å². The van der Waals surface area contributed by atoms with Crippen LogP contribution in [0.2, 0.25) is 0 Å². The third kappa shape index (κ3) is 2.94. The van der Waals surface area contributed by atoms with Gasteiger partial charge in [0.15, 0.2) is 0 Å². The Morgan fingerprint density at radius 3 is 2.50 bits per heavy atom. The summed E-state index contributed by atoms with van der Waals surface area (Å²) in [5.41, 5.74) is -0.577. The van der Waals surface area contributed by atoms with Gasteiger partial charge in [-0.1, -0.05) is 0 Å². The smallest absolute Gasteiger partial charge is 0.314 e. The van der Waals surface area contributed by atoms with Crippen LogP contribution in [0.25, 0.3) is 0 Å². The van der Waals surface area contributed by atoms with E-state index in [1.807, 2.05) is 0 Å². The monoisotopic (exact) mass is 279 g/mol. The van der Waals surface area contributed by atoms with Gasteiger partial charge in [0.2, 0.25) is 5.75 Å². The molecule has 0 saturated heterocycles. The highest BCUT2D eigenvalue weighted by atomic mass is 19.1. The number of carbonyl (C=O) groups excluding carboxylic acids is 1. The lowest BCUT2D eigenvalue weighted by Gasteiger charge is -2.07. The molecule has 0 atom stereocenters. The van der Waals surface area contributed by atoms with Crippen LogP contribution < -0.4 is 4.74 Å². The second-order valence-electron chi connectivity index (χ2n) is 3.81. The number of nitro groups is 1. The van der Waals surface area contributed by atoms with Crippen molar-refractivity contribution in [2.45, 2.75) is 0 Å². The maximum absolute atomic E-state index is 13.2. The van der Waals surface area contributed by atoms with Gasteiger partial charge in [0.25, 0.3) is 0 Å². The van der Waals surface area contributed by atoms with Crippen LogP contribution >= 0.6 is 0 Å². The minimum atomic E-state index is -0.821. The fourth-order valence-corrected chi connectivity index (χ4v) is 1.56. The van der Waals surface area contributed by atoms with Gasteiger partial charge in [-0.05, 0) is 24.3 Å². The van der Waals surface area contributed by atoms with Crippen molar-refractivity contribution in [1.29, 1.82) is 0 Å². The predicted octanol–water partition coefficient (Wildman–Crippen LogP) is 3.48. The zero-order chi connectivity index (χ0) is 14.7. The molecule has 2 rings (SSSR count). The molecule has 2 aromatic carbocycles. The van der Waals surface area contributed by atoms with Crippen LogP contribution in [0.4, 0.5) is 14.5 Å². The summed E-state index contributed by atoms with van der Waals surface area (Å²) in [6, 6.07) is 5.87. The molecule has 0 amide bonds. The molecular formula is C13H7F2NO4. The van der Waals surface area contributed by atoms with Crippen molar-refractivity contribution in [3.63, 3.8) is 0 Å². The number of aldehydes is 1. The van der Waals surface area contributed by atoms with Gasteiger partial charge >= 0.3 is 5.69 Å². The van der Waals surface area contributed by atoms with E-state index >= 15 is 0 Å². The van der Waals surface area contributed by atoms with Gasteiger partial charge in [-0.3, -0.25) is 14.9 Å². The number of carbonyl (C=O) groups is 1. The Morgan fingerprint density at radius 2 is 1.85 bits per heavy atom. The lowest BCUT2D eigenvalue weighted by atomic mass is 10.2. The summed E-state index contributed by atoms with van der Waals surface area (Å²) in [4.78, 5) is 20.6. The largest absolute Gasteiger partial charge is 0.450 e. The van der Waals surface area contributed by atoms with Gasteiger partial charge in [0.05, 0.1) is 11.0 Å². The highest BCUT2D eigenvalue weighted by molar-refractivity contribution is 5.75. The average molecular weight is 279 g/mol. The Bertz CT molecular complexity index is 688. The zero-order valence-electron chi connectivity index (χ0n) is 9.88. The molecule has 0 fully saturated rings. The Kier molecular flexibility index (Phi) is 3.69. The number of benzene rings is 2. The maximum Gasteiger partial charge on any atom is 0.314 e. The molecule has 0 saturated carbocycles. The van der Waals surface area contributed by atoms with Crippen molar-refractivity contribution in [3.05, 3.63) is 63.7 Å². The standard InChI is InChI=1S/C13H7F2NO4/c14-9-1-2-13(12(6-9)16(18)19)20-11-4-8(7-17)3-10(15)5-11/h1-7H. The van der Waals surface area contributed by atoms with E-state index in [0.717, 1.165) is 24.3 Å². The van der Waals surface area contributed by atoms with Gasteiger partial charge in [-0.2, -0.15) is 0 Å². The number of hydrogen-bond acceptors (Lipinski definition) is 4.